The highest BCUT2D eigenvalue weighted by Crippen LogP contribution is 2.50. The zero-order valence-electron chi connectivity index (χ0n) is 67.5. The van der Waals surface area contributed by atoms with Crippen LogP contribution >= 0.6 is 0 Å². The summed E-state index contributed by atoms with van der Waals surface area (Å²) < 4.78 is 17.5. The lowest BCUT2D eigenvalue weighted by Crippen LogP contribution is -2.12. The van der Waals surface area contributed by atoms with Gasteiger partial charge in [-0.2, -0.15) is 0 Å². The van der Waals surface area contributed by atoms with Gasteiger partial charge in [0.05, 0.1) is 39.1 Å². The number of nitrogens with zero attached hydrogens (tertiary/aromatic N) is 4. The van der Waals surface area contributed by atoms with Crippen LogP contribution in [0.4, 0.5) is 34.1 Å². The van der Waals surface area contributed by atoms with Gasteiger partial charge in [-0.1, -0.05) is 322 Å². The van der Waals surface area contributed by atoms with Crippen LogP contribution in [0.25, 0.3) is 199 Å². The van der Waals surface area contributed by atoms with Gasteiger partial charge in [-0.3, -0.25) is 0 Å². The topological polar surface area (TPSA) is 42.6 Å². The summed E-state index contributed by atoms with van der Waals surface area (Å²) >= 11 is 0. The normalized spacial score (nSPS) is 11.7. The van der Waals surface area contributed by atoms with Crippen LogP contribution in [0.15, 0.2) is 470 Å². The molecule has 0 aliphatic heterocycles. The number of rotatable bonds is 16. The molecule has 24 aromatic rings. The van der Waals surface area contributed by atoms with Crippen molar-refractivity contribution >= 4 is 132 Å². The zero-order chi connectivity index (χ0) is 81.7. The van der Waals surface area contributed by atoms with Gasteiger partial charge in [0, 0.05) is 88.2 Å². The number of benzene rings is 20. The van der Waals surface area contributed by atoms with E-state index < -0.39 is 0 Å². The van der Waals surface area contributed by atoms with Crippen molar-refractivity contribution < 1.29 is 8.83 Å². The highest BCUT2D eigenvalue weighted by atomic mass is 16.3. The molecule has 0 saturated heterocycles. The van der Waals surface area contributed by atoms with E-state index >= 15 is 0 Å². The van der Waals surface area contributed by atoms with Crippen LogP contribution < -0.4 is 9.80 Å². The van der Waals surface area contributed by atoms with Crippen molar-refractivity contribution in [2.45, 2.75) is 0 Å². The third kappa shape index (κ3) is 12.2. The van der Waals surface area contributed by atoms with E-state index in [1.165, 1.54) is 32.6 Å². The molecule has 0 amide bonds. The van der Waals surface area contributed by atoms with E-state index in [1.54, 1.807) is 0 Å². The molecule has 0 aliphatic carbocycles. The number of para-hydroxylation sites is 8. The second-order valence-corrected chi connectivity index (χ2v) is 32.2. The minimum Gasteiger partial charge on any atom is -0.456 e. The Kier molecular flexibility index (Phi) is 17.2. The van der Waals surface area contributed by atoms with Gasteiger partial charge in [0.15, 0.2) is 0 Å². The molecule has 0 N–H and O–H groups in total. The molecule has 0 unspecified atom stereocenters. The Morgan fingerprint density at radius 2 is 0.484 bits per heavy atom. The molecule has 580 valence electrons. The van der Waals surface area contributed by atoms with Crippen molar-refractivity contribution in [1.29, 1.82) is 0 Å². The molecule has 124 heavy (non-hydrogen) atoms. The lowest BCUT2D eigenvalue weighted by molar-refractivity contribution is 0.668. The average molecular weight is 1580 g/mol. The number of hydrogen-bond acceptors (Lipinski definition) is 4. The van der Waals surface area contributed by atoms with Crippen LogP contribution in [0.1, 0.15) is 0 Å². The highest BCUT2D eigenvalue weighted by Gasteiger charge is 2.26. The van der Waals surface area contributed by atoms with Crippen LogP contribution in [0.2, 0.25) is 0 Å². The molecule has 0 bridgehead atoms. The molecular weight excluding hydrogens is 1510 g/mol. The van der Waals surface area contributed by atoms with Crippen molar-refractivity contribution in [2.75, 3.05) is 9.80 Å². The van der Waals surface area contributed by atoms with Crippen LogP contribution in [0.5, 0.6) is 0 Å². The van der Waals surface area contributed by atoms with Gasteiger partial charge in [-0.05, 0) is 223 Å². The Bertz CT molecular complexity index is 8220. The lowest BCUT2D eigenvalue weighted by atomic mass is 9.94. The third-order valence-electron chi connectivity index (χ3n) is 25.2. The van der Waals surface area contributed by atoms with Crippen molar-refractivity contribution in [3.05, 3.63) is 461 Å². The van der Waals surface area contributed by atoms with E-state index in [4.69, 9.17) is 8.83 Å². The number of anilines is 6. The first-order valence-corrected chi connectivity index (χ1v) is 42.4. The molecular formula is C118H76N4O2. The molecule has 0 saturated carbocycles. The molecule has 4 aromatic heterocycles. The SMILES string of the molecule is c1ccc(-c2ccccc2N(c2ccc(-c3ccc(-n4c5ccccc5c5c(-c6cccc(-c7ccccc7N(c7ccc(-c8ccc(-n9c%10ccccc%10c%10ccccc%109)cc8)cc7)c7ccccc7-c7ccc(-c8cccc9oc%10ccccc%10c89)cc7)c6)cccc54)cc3)cc2)c2ccc3cc(-c4cccc5oc6ccccc6c45)ccc3c2)cc1. The van der Waals surface area contributed by atoms with Gasteiger partial charge in [-0.15, -0.1) is 0 Å². The predicted octanol–water partition coefficient (Wildman–Crippen LogP) is 33.1. The largest absolute Gasteiger partial charge is 0.456 e. The van der Waals surface area contributed by atoms with Crippen LogP contribution in [0.3, 0.4) is 0 Å². The predicted molar refractivity (Wildman–Crippen MR) is 520 cm³/mol. The summed E-state index contributed by atoms with van der Waals surface area (Å²) in [6.07, 6.45) is 0. The minimum atomic E-state index is 0.882. The van der Waals surface area contributed by atoms with E-state index in [9.17, 15) is 0 Å². The summed E-state index contributed by atoms with van der Waals surface area (Å²) in [4.78, 5) is 4.87. The van der Waals surface area contributed by atoms with E-state index in [0.717, 1.165) is 200 Å². The maximum Gasteiger partial charge on any atom is 0.136 e. The average Bonchev–Trinajstić information content (AvgIpc) is 1.56. The molecule has 4 heterocycles. The molecule has 0 radical (unpaired) electrons. The van der Waals surface area contributed by atoms with Gasteiger partial charge in [0.2, 0.25) is 0 Å². The molecule has 0 fully saturated rings. The van der Waals surface area contributed by atoms with Crippen molar-refractivity contribution in [3.8, 4) is 100 Å². The monoisotopic (exact) mass is 1580 g/mol. The fraction of sp³-hybridized carbons (Fsp3) is 0. The summed E-state index contributed by atoms with van der Waals surface area (Å²) in [5.74, 6) is 0. The number of fused-ring (bicyclic) bond motifs is 13. The van der Waals surface area contributed by atoms with E-state index in [2.05, 4.69) is 462 Å². The third-order valence-corrected chi connectivity index (χ3v) is 25.2. The smallest absolute Gasteiger partial charge is 0.136 e. The van der Waals surface area contributed by atoms with Gasteiger partial charge in [0.1, 0.15) is 22.3 Å². The highest BCUT2D eigenvalue weighted by molar-refractivity contribution is 6.18. The van der Waals surface area contributed by atoms with Crippen molar-refractivity contribution in [3.63, 3.8) is 0 Å². The fourth-order valence-electron chi connectivity index (χ4n) is 19.4. The van der Waals surface area contributed by atoms with Gasteiger partial charge in [-0.25, -0.2) is 0 Å². The Morgan fingerprint density at radius 3 is 1.04 bits per heavy atom. The molecule has 6 heteroatoms. The Hall–Kier alpha value is -16.5. The minimum absolute atomic E-state index is 0.882. The van der Waals surface area contributed by atoms with Crippen LogP contribution in [0, 0.1) is 0 Å². The maximum atomic E-state index is 6.39. The van der Waals surface area contributed by atoms with E-state index in [0.29, 0.717) is 0 Å². The first-order chi connectivity index (χ1) is 61.5. The Balaban J connectivity index is 0.567. The molecule has 0 spiro atoms. The van der Waals surface area contributed by atoms with Crippen molar-refractivity contribution in [1.82, 2.24) is 9.13 Å². The summed E-state index contributed by atoms with van der Waals surface area (Å²) in [6, 6.07) is 168. The second-order valence-electron chi connectivity index (χ2n) is 32.2. The summed E-state index contributed by atoms with van der Waals surface area (Å²) in [5.41, 5.74) is 34.9. The van der Waals surface area contributed by atoms with E-state index in [-0.39, 0.29) is 0 Å². The molecule has 20 aromatic carbocycles. The lowest BCUT2D eigenvalue weighted by Gasteiger charge is -2.30. The van der Waals surface area contributed by atoms with Gasteiger partial charge < -0.3 is 27.8 Å². The Morgan fingerprint density at radius 1 is 0.169 bits per heavy atom. The first kappa shape index (κ1) is 71.6. The summed E-state index contributed by atoms with van der Waals surface area (Å²) in [7, 11) is 0. The van der Waals surface area contributed by atoms with Crippen LogP contribution in [-0.2, 0) is 0 Å². The van der Waals surface area contributed by atoms with Crippen LogP contribution in [-0.4, -0.2) is 9.13 Å². The standard InChI is InChI=1S/C118H76N4O2/c1-2-24-81(25-3-1)94-28-4-12-39-105(94)119(93-73-64-84-74-88(55-54-85(84)76-93)99-38-23-49-115-118(99)104-35-11-19-47-113(104)124-115)89-65-56-77(57-66-89)80-62-71-92(72-63-80)122-110-44-17-9-33-102(110)116-98(36-21-45-111(116)122)87-27-20-26-86(75-87)96-30-6-14-41-107(96)120(90-67-58-78(59-68-90)79-60-69-91(70-61-79)121-108-42-15-7-31-100(108)101-32-8-16-43-109(101)121)106-40-13-5-29-95(106)82-50-52-83(53-51-82)97-37-22-48-114-117(97)103-34-10-18-46-112(103)123-114/h1-76H. The number of hydrogen-bond donors (Lipinski definition) is 0. The molecule has 0 atom stereocenters. The maximum absolute atomic E-state index is 6.39. The molecule has 24 rings (SSSR count). The first-order valence-electron chi connectivity index (χ1n) is 42.4. The number of furan rings is 2. The fourth-order valence-corrected chi connectivity index (χ4v) is 19.4. The van der Waals surface area contributed by atoms with Gasteiger partial charge >= 0.3 is 0 Å². The zero-order valence-corrected chi connectivity index (χ0v) is 67.5. The summed E-state index contributed by atoms with van der Waals surface area (Å²) in [5, 5.41) is 11.7. The molecule has 6 nitrogen and oxygen atoms in total. The van der Waals surface area contributed by atoms with Crippen molar-refractivity contribution in [2.24, 2.45) is 0 Å². The number of aromatic nitrogens is 2. The second kappa shape index (κ2) is 29.8. The van der Waals surface area contributed by atoms with E-state index in [1.807, 2.05) is 18.2 Å². The Labute approximate surface area is 716 Å². The van der Waals surface area contributed by atoms with Gasteiger partial charge in [0.25, 0.3) is 0 Å². The summed E-state index contributed by atoms with van der Waals surface area (Å²) in [6.45, 7) is 0. The quantitative estimate of drug-likeness (QED) is 0.0967. The molecule has 0 aliphatic rings.